The fraction of sp³-hybridized carbons (Fsp3) is 0.727. The molecule has 0 aromatic carbocycles. The number of hydrogen-bond acceptors (Lipinski definition) is 30. The highest BCUT2D eigenvalue weighted by atomic mass is 16.8. The number of esters is 12. The van der Waals surface area contributed by atoms with Crippen molar-refractivity contribution in [1.29, 1.82) is 0 Å². The zero-order valence-electron chi connectivity index (χ0n) is 42.5. The van der Waals surface area contributed by atoms with Gasteiger partial charge in [0.1, 0.15) is 31.5 Å². The van der Waals surface area contributed by atoms with Gasteiger partial charge < -0.3 is 85.3 Å². The van der Waals surface area contributed by atoms with Gasteiger partial charge in [-0.15, -0.1) is 0 Å². The summed E-state index contributed by atoms with van der Waals surface area (Å²) in [6.45, 7) is 8.56. The van der Waals surface area contributed by atoms with Gasteiger partial charge in [-0.25, -0.2) is 4.79 Å². The molecule has 0 saturated carbocycles. The Morgan fingerprint density at radius 1 is 0.351 bits per heavy atom. The Balaban J connectivity index is 2.57. The molecule has 30 nitrogen and oxygen atoms in total. The maximum atomic E-state index is 13.5. The van der Waals surface area contributed by atoms with Crippen LogP contribution < -0.4 is 0 Å². The van der Waals surface area contributed by atoms with E-state index >= 15 is 0 Å². The summed E-state index contributed by atoms with van der Waals surface area (Å²) in [4.78, 5) is 153. The summed E-state index contributed by atoms with van der Waals surface area (Å²) in [5, 5.41) is 0. The molecule has 416 valence electrons. The molecule has 3 aliphatic heterocycles. The first-order valence-electron chi connectivity index (χ1n) is 22.3. The molecule has 0 radical (unpaired) electrons. The molecule has 0 aromatic heterocycles. The van der Waals surface area contributed by atoms with Gasteiger partial charge in [-0.3, -0.25) is 52.7 Å². The average Bonchev–Trinajstić information content (AvgIpc) is 3.26. The fourth-order valence-electron chi connectivity index (χ4n) is 7.88. The zero-order chi connectivity index (χ0) is 55.9. The van der Waals surface area contributed by atoms with Crippen LogP contribution in [-0.2, 0) is 143 Å². The summed E-state index contributed by atoms with van der Waals surface area (Å²) in [6, 6.07) is 0. The molecule has 30 heteroatoms. The van der Waals surface area contributed by atoms with Crippen LogP contribution in [0.3, 0.4) is 0 Å². The molecule has 0 bridgehead atoms. The Hall–Kier alpha value is -6.60. The van der Waals surface area contributed by atoms with Crippen molar-refractivity contribution in [2.24, 2.45) is 0 Å². The molecule has 17 atom stereocenters. The molecule has 74 heavy (non-hydrogen) atoms. The van der Waals surface area contributed by atoms with Gasteiger partial charge in [0, 0.05) is 83.3 Å². The number of ether oxygens (including phenoxy) is 18. The van der Waals surface area contributed by atoms with Gasteiger partial charge in [-0.2, -0.15) is 0 Å². The van der Waals surface area contributed by atoms with Crippen molar-refractivity contribution >= 4 is 71.6 Å². The van der Waals surface area contributed by atoms with Gasteiger partial charge in [0.25, 0.3) is 0 Å². The van der Waals surface area contributed by atoms with E-state index in [4.69, 9.17) is 85.3 Å². The molecule has 0 aliphatic carbocycles. The largest absolute Gasteiger partial charge is 0.467 e. The van der Waals surface area contributed by atoms with E-state index in [9.17, 15) is 57.5 Å². The van der Waals surface area contributed by atoms with E-state index < -0.39 is 189 Å². The second-order valence-electron chi connectivity index (χ2n) is 16.2. The van der Waals surface area contributed by atoms with Crippen molar-refractivity contribution in [2.45, 2.75) is 180 Å². The lowest BCUT2D eigenvalue weighted by Crippen LogP contribution is -2.70. The maximum absolute atomic E-state index is 13.5. The number of hydrogen-bond donors (Lipinski definition) is 0. The summed E-state index contributed by atoms with van der Waals surface area (Å²) in [5.41, 5.74) is 0. The van der Waals surface area contributed by atoms with E-state index in [2.05, 4.69) is 0 Å². The topological polar surface area (TPSA) is 371 Å². The lowest BCUT2D eigenvalue weighted by molar-refractivity contribution is -0.391. The monoisotopic (exact) mass is 1070 g/mol. The smallest absolute Gasteiger partial charge is 0.339 e. The Morgan fingerprint density at radius 2 is 0.676 bits per heavy atom. The highest BCUT2D eigenvalue weighted by Gasteiger charge is 2.62. The van der Waals surface area contributed by atoms with Crippen LogP contribution in [0.15, 0.2) is 0 Å². The quantitative estimate of drug-likeness (QED) is 0.0909. The van der Waals surface area contributed by atoms with Crippen molar-refractivity contribution in [1.82, 2.24) is 0 Å². The predicted molar refractivity (Wildman–Crippen MR) is 228 cm³/mol. The third-order valence-corrected chi connectivity index (χ3v) is 10.2. The second-order valence-corrected chi connectivity index (χ2v) is 16.2. The van der Waals surface area contributed by atoms with Crippen molar-refractivity contribution in [3.05, 3.63) is 0 Å². The van der Waals surface area contributed by atoms with Crippen LogP contribution in [0, 0.1) is 0 Å². The van der Waals surface area contributed by atoms with E-state index in [1.807, 2.05) is 0 Å². The van der Waals surface area contributed by atoms with E-state index in [1.54, 1.807) is 0 Å². The first kappa shape index (κ1) is 61.7. The molecule has 3 heterocycles. The summed E-state index contributed by atoms with van der Waals surface area (Å²) < 4.78 is 102. The molecule has 3 saturated heterocycles. The number of rotatable bonds is 21. The van der Waals surface area contributed by atoms with Crippen LogP contribution in [0.25, 0.3) is 0 Å². The lowest BCUT2D eigenvalue weighted by Gasteiger charge is -2.51. The van der Waals surface area contributed by atoms with Crippen LogP contribution in [0.1, 0.15) is 76.2 Å². The van der Waals surface area contributed by atoms with E-state index in [-0.39, 0.29) is 0 Å². The van der Waals surface area contributed by atoms with E-state index in [1.165, 1.54) is 0 Å². The summed E-state index contributed by atoms with van der Waals surface area (Å²) in [5.74, 6) is -12.9. The summed E-state index contributed by atoms with van der Waals surface area (Å²) >= 11 is 0. The molecular formula is C44H60O30. The second kappa shape index (κ2) is 28.2. The van der Waals surface area contributed by atoms with Gasteiger partial charge in [0.2, 0.25) is 6.29 Å². The highest BCUT2D eigenvalue weighted by molar-refractivity contribution is 5.77. The van der Waals surface area contributed by atoms with Crippen LogP contribution in [0.2, 0.25) is 0 Å². The predicted octanol–water partition coefficient (Wildman–Crippen LogP) is -1.74. The highest BCUT2D eigenvalue weighted by Crippen LogP contribution is 2.40. The molecule has 0 unspecified atom stereocenters. The molecule has 0 amide bonds. The van der Waals surface area contributed by atoms with Gasteiger partial charge >= 0.3 is 71.6 Å². The number of methoxy groups -OCH3 is 2. The van der Waals surface area contributed by atoms with E-state index in [0.29, 0.717) is 0 Å². The molecule has 0 aromatic rings. The van der Waals surface area contributed by atoms with Crippen molar-refractivity contribution in [2.75, 3.05) is 27.4 Å². The van der Waals surface area contributed by atoms with Gasteiger partial charge in [0.05, 0.1) is 7.11 Å². The van der Waals surface area contributed by atoms with Crippen molar-refractivity contribution in [3.63, 3.8) is 0 Å². The first-order chi connectivity index (χ1) is 34.6. The van der Waals surface area contributed by atoms with Gasteiger partial charge in [-0.05, 0) is 0 Å². The standard InChI is InChI=1S/C44H60O30/c1-16(45)59-14-27(61-18(3)47)29-32(64-21(6)50)36(38(68-25(10)54)42(58-13)70-29)72-44-40(34(66-23(8)52)31(63-20(5)49)30(71-44)28(62-19(4)48)15-60-17(2)46)74-43-39(69-26(11)55)35(67-24(9)53)33(65-22(7)51)37(73-43)41(56)57-12/h27-40,42-44H,14-15H2,1-13H3/t27-,28+,29-,30-,31-,32-,33+,34+,35+,36+,37+,38+,39-,40+,42+,43-,44-/m1/s1. The van der Waals surface area contributed by atoms with Crippen LogP contribution in [0.4, 0.5) is 0 Å². The fourth-order valence-corrected chi connectivity index (χ4v) is 7.88. The average molecular weight is 1070 g/mol. The summed E-state index contributed by atoms with van der Waals surface area (Å²) in [6.07, 6.45) is -34.5. The van der Waals surface area contributed by atoms with Crippen molar-refractivity contribution in [3.8, 4) is 0 Å². The SMILES string of the molecule is COC(=O)[C@H]1O[C@H](O[C@@H]2[C@@H](O[C@H]3[C@H](OC(C)=O)[C@@H]([C@@H](COC(C)=O)OC(C)=O)O[C@H](OC)[C@H]3OC(C)=O)O[C@H]([C@H](COC(C)=O)OC(C)=O)[C@@H](OC(C)=O)[C@@H]2OC(C)=O)[C@H](OC(C)=O)[C@@H](OC(C)=O)[C@@H]1OC(C)=O. The van der Waals surface area contributed by atoms with Crippen molar-refractivity contribution < 1.29 is 143 Å². The van der Waals surface area contributed by atoms with E-state index in [0.717, 1.165) is 90.4 Å². The van der Waals surface area contributed by atoms with Crippen LogP contribution in [0.5, 0.6) is 0 Å². The normalized spacial score (nSPS) is 30.2. The lowest BCUT2D eigenvalue weighted by atomic mass is 9.92. The molecule has 0 spiro atoms. The van der Waals surface area contributed by atoms with Gasteiger partial charge in [0.15, 0.2) is 79.7 Å². The molecule has 3 aliphatic rings. The minimum Gasteiger partial charge on any atom is -0.467 e. The Bertz CT molecular complexity index is 2070. The van der Waals surface area contributed by atoms with Crippen LogP contribution >= 0.6 is 0 Å². The van der Waals surface area contributed by atoms with Crippen LogP contribution in [-0.4, -0.2) is 203 Å². The molecular weight excluding hydrogens is 1010 g/mol. The Labute approximate surface area is 421 Å². The Kier molecular flexibility index (Phi) is 23.5. The third-order valence-electron chi connectivity index (χ3n) is 10.2. The minimum absolute atomic E-state index is 0.777. The maximum Gasteiger partial charge on any atom is 0.339 e. The Morgan fingerprint density at radius 3 is 1.05 bits per heavy atom. The molecule has 0 N–H and O–H groups in total. The minimum atomic E-state index is -2.37. The van der Waals surface area contributed by atoms with Gasteiger partial charge in [-0.1, -0.05) is 0 Å². The number of carbonyl (C=O) groups excluding carboxylic acids is 12. The third kappa shape index (κ3) is 17.8. The zero-order valence-corrected chi connectivity index (χ0v) is 42.5. The number of carbonyl (C=O) groups is 12. The first-order valence-corrected chi connectivity index (χ1v) is 22.3. The molecule has 3 fully saturated rings. The molecule has 3 rings (SSSR count). The summed E-state index contributed by atoms with van der Waals surface area (Å²) in [7, 11) is 1.95.